The second kappa shape index (κ2) is 13.1. The van der Waals surface area contributed by atoms with Crippen molar-refractivity contribution in [2.24, 2.45) is 11.7 Å². The van der Waals surface area contributed by atoms with Crippen LogP contribution in [0.2, 0.25) is 0 Å². The van der Waals surface area contributed by atoms with Crippen LogP contribution in [0.4, 0.5) is 35.1 Å². The third-order valence-corrected chi connectivity index (χ3v) is 10.1. The molecule has 4 aromatic rings. The van der Waals surface area contributed by atoms with Crippen molar-refractivity contribution in [2.75, 3.05) is 0 Å². The van der Waals surface area contributed by atoms with Crippen molar-refractivity contribution in [1.82, 2.24) is 14.8 Å². The summed E-state index contributed by atoms with van der Waals surface area (Å²) in [5.41, 5.74) is 1.16. The first-order valence-electron chi connectivity index (χ1n) is 16.8. The number of alkyl halides is 5. The molecule has 7 nitrogen and oxygen atoms in total. The summed E-state index contributed by atoms with van der Waals surface area (Å²) < 4.78 is 116. The molecule has 3 aliphatic rings. The smallest absolute Gasteiger partial charge is 0.378 e. The van der Waals surface area contributed by atoms with Crippen LogP contribution < -0.4 is 5.73 Å². The van der Waals surface area contributed by atoms with Gasteiger partial charge < -0.3 is 10.8 Å². The fourth-order valence-corrected chi connectivity index (χ4v) is 7.62. The number of rotatable bonds is 9. The molecule has 0 spiro atoms. The van der Waals surface area contributed by atoms with Crippen molar-refractivity contribution in [3.8, 4) is 23.0 Å². The lowest BCUT2D eigenvalue weighted by molar-refractivity contribution is -0.142. The van der Waals surface area contributed by atoms with Crippen LogP contribution in [-0.2, 0) is 29.9 Å². The highest BCUT2D eigenvalue weighted by Crippen LogP contribution is 2.68. The molecule has 2 fully saturated rings. The number of primary amides is 1. The van der Waals surface area contributed by atoms with Crippen molar-refractivity contribution in [2.45, 2.75) is 81.0 Å². The highest BCUT2D eigenvalue weighted by molar-refractivity contribution is 5.94. The van der Waals surface area contributed by atoms with E-state index in [4.69, 9.17) is 5.73 Å². The molecule has 0 bridgehead atoms. The van der Waals surface area contributed by atoms with Gasteiger partial charge in [0, 0.05) is 35.4 Å². The van der Waals surface area contributed by atoms with E-state index in [1.165, 1.54) is 18.2 Å². The van der Waals surface area contributed by atoms with Gasteiger partial charge in [0.25, 0.3) is 11.8 Å². The van der Waals surface area contributed by atoms with Crippen LogP contribution in [0, 0.1) is 35.2 Å². The van der Waals surface area contributed by atoms with Crippen molar-refractivity contribution < 1.29 is 49.8 Å². The molecule has 3 atom stereocenters. The summed E-state index contributed by atoms with van der Waals surface area (Å²) in [7, 11) is 0. The molecule has 53 heavy (non-hydrogen) atoms. The van der Waals surface area contributed by atoms with E-state index in [2.05, 4.69) is 21.9 Å². The summed E-state index contributed by atoms with van der Waals surface area (Å²) in [5.74, 6) is -6.28. The number of benzene rings is 2. The Morgan fingerprint density at radius 2 is 1.72 bits per heavy atom. The van der Waals surface area contributed by atoms with E-state index in [1.807, 2.05) is 0 Å². The van der Waals surface area contributed by atoms with E-state index < -0.39 is 100 Å². The Bertz CT molecular complexity index is 2190. The molecule has 2 saturated carbocycles. The molecule has 2 aromatic heterocycles. The normalized spacial score (nSPS) is 19.9. The quantitative estimate of drug-likeness (QED) is 0.138. The van der Waals surface area contributed by atoms with E-state index in [9.17, 15) is 41.0 Å². The number of Topliss-reactive ketones (excluding diaryl/α,β-unsaturated/α-hetero) is 1. The molecule has 2 heterocycles. The highest BCUT2D eigenvalue weighted by Gasteiger charge is 2.68. The summed E-state index contributed by atoms with van der Waals surface area (Å²) in [5, 5.41) is 14.3. The zero-order valence-corrected chi connectivity index (χ0v) is 27.7. The number of ketones is 1. The number of nitrogens with two attached hydrogens (primary N) is 1. The molecular formula is C38H30F8N4O3. The van der Waals surface area contributed by atoms with E-state index in [1.54, 1.807) is 0 Å². The summed E-state index contributed by atoms with van der Waals surface area (Å²) in [4.78, 5) is 30.5. The van der Waals surface area contributed by atoms with Crippen molar-refractivity contribution in [3.05, 3.63) is 105 Å². The minimum absolute atomic E-state index is 0.0449. The number of fused-ring (bicyclic) bond motifs is 3. The van der Waals surface area contributed by atoms with Crippen LogP contribution in [0.3, 0.4) is 0 Å². The van der Waals surface area contributed by atoms with Gasteiger partial charge in [0.05, 0.1) is 11.3 Å². The summed E-state index contributed by atoms with van der Waals surface area (Å²) in [6.45, 7) is -0.980. The maximum absolute atomic E-state index is 15.3. The van der Waals surface area contributed by atoms with Crippen LogP contribution in [-0.4, -0.2) is 37.2 Å². The third kappa shape index (κ3) is 7.04. The molecule has 0 radical (unpaired) electrons. The molecule has 0 aliphatic heterocycles. The van der Waals surface area contributed by atoms with Gasteiger partial charge in [-0.3, -0.25) is 14.3 Å². The molecule has 1 amide bonds. The van der Waals surface area contributed by atoms with Gasteiger partial charge in [-0.25, -0.2) is 18.2 Å². The average Bonchev–Trinajstić information content (AvgIpc) is 3.51. The first-order chi connectivity index (χ1) is 24.9. The Balaban J connectivity index is 1.33. The Kier molecular flexibility index (Phi) is 8.95. The van der Waals surface area contributed by atoms with Gasteiger partial charge in [-0.05, 0) is 97.9 Å². The monoisotopic (exact) mass is 742 g/mol. The predicted molar refractivity (Wildman–Crippen MR) is 173 cm³/mol. The Hall–Kier alpha value is -5.10. The molecule has 3 aliphatic carbocycles. The Morgan fingerprint density at radius 1 is 1.02 bits per heavy atom. The lowest BCUT2D eigenvalue weighted by atomic mass is 9.86. The van der Waals surface area contributed by atoms with Gasteiger partial charge >= 0.3 is 6.18 Å². The molecule has 276 valence electrons. The van der Waals surface area contributed by atoms with Crippen LogP contribution in [0.1, 0.15) is 94.6 Å². The van der Waals surface area contributed by atoms with Crippen molar-refractivity contribution in [3.63, 3.8) is 0 Å². The van der Waals surface area contributed by atoms with Gasteiger partial charge in [-0.1, -0.05) is 12.0 Å². The lowest BCUT2D eigenvalue weighted by Crippen LogP contribution is -2.24. The number of halogens is 8. The standard InChI is InChI=1S/C38H30F8N4O3/c39-22-12-19(13-23(40)16-22)11-21(14-25(51)18-50-34-31(33(49-50)38(44,45)46)27-17-29(27)37(34,42)43)32-26(20-3-6-30(41)28(15-20)35(47)52)5-4-24(48-32)7-10-36(53)8-1-2-9-36/h3-6,12-13,15-16,21,27,29,53H,1-2,8-9,11,14,17-18H2,(H2,47,52)/t21-,27+,29-/m1/s1. The minimum Gasteiger partial charge on any atom is -0.378 e. The van der Waals surface area contributed by atoms with Crippen molar-refractivity contribution in [1.29, 1.82) is 0 Å². The summed E-state index contributed by atoms with van der Waals surface area (Å²) >= 11 is 0. The Labute approximate surface area is 297 Å². The van der Waals surface area contributed by atoms with E-state index in [0.29, 0.717) is 23.6 Å². The number of aromatic nitrogens is 3. The molecule has 0 saturated heterocycles. The number of hydrogen-bond acceptors (Lipinski definition) is 5. The zero-order chi connectivity index (χ0) is 38.0. The van der Waals surface area contributed by atoms with Gasteiger partial charge in [0.2, 0.25) is 0 Å². The second-order valence-electron chi connectivity index (χ2n) is 13.9. The maximum atomic E-state index is 15.3. The number of amides is 1. The van der Waals surface area contributed by atoms with E-state index in [0.717, 1.165) is 37.1 Å². The number of carbonyl (C=O) groups is 2. The van der Waals surface area contributed by atoms with Gasteiger partial charge in [0.15, 0.2) is 11.5 Å². The molecule has 3 N–H and O–H groups in total. The molecule has 0 unspecified atom stereocenters. The van der Waals surface area contributed by atoms with Crippen LogP contribution in [0.15, 0.2) is 48.5 Å². The van der Waals surface area contributed by atoms with Crippen LogP contribution in [0.5, 0.6) is 0 Å². The SMILES string of the molecule is NC(=O)c1cc(-c2ccc(C#CC3(O)CCCC3)nc2[C@@H](CC(=O)Cn2nc(C(F)(F)F)c3c2C(F)(F)[C@@H]2C[C@H]32)Cc2cc(F)cc(F)c2)ccc1F. The third-order valence-electron chi connectivity index (χ3n) is 10.1. The van der Waals surface area contributed by atoms with Crippen LogP contribution >= 0.6 is 0 Å². The average molecular weight is 743 g/mol. The maximum Gasteiger partial charge on any atom is 0.435 e. The number of aliphatic hydroxyl groups is 1. The van der Waals surface area contributed by atoms with Crippen LogP contribution in [0.25, 0.3) is 11.1 Å². The largest absolute Gasteiger partial charge is 0.435 e. The molecule has 7 rings (SSSR count). The molecule has 15 heteroatoms. The van der Waals surface area contributed by atoms with Gasteiger partial charge in [-0.2, -0.15) is 27.1 Å². The molecule has 2 aromatic carbocycles. The number of nitrogens with zero attached hydrogens (tertiary/aromatic N) is 3. The Morgan fingerprint density at radius 3 is 2.38 bits per heavy atom. The zero-order valence-electron chi connectivity index (χ0n) is 27.7. The lowest BCUT2D eigenvalue weighted by Gasteiger charge is -2.21. The fourth-order valence-electron chi connectivity index (χ4n) is 7.62. The number of hydrogen-bond donors (Lipinski definition) is 2. The first-order valence-corrected chi connectivity index (χ1v) is 16.8. The second-order valence-corrected chi connectivity index (χ2v) is 13.9. The first kappa shape index (κ1) is 36.3. The minimum atomic E-state index is -5.05. The van der Waals surface area contributed by atoms with Gasteiger partial charge in [0.1, 0.15) is 41.0 Å². The molecular weight excluding hydrogens is 712 g/mol. The van der Waals surface area contributed by atoms with E-state index in [-0.39, 0.29) is 40.9 Å². The summed E-state index contributed by atoms with van der Waals surface area (Å²) in [6, 6.07) is 9.03. The predicted octanol–water partition coefficient (Wildman–Crippen LogP) is 7.33. The fraction of sp³-hybridized carbons (Fsp3) is 0.368. The van der Waals surface area contributed by atoms with E-state index >= 15 is 8.78 Å². The topological polar surface area (TPSA) is 111 Å². The number of carbonyl (C=O) groups excluding carboxylic acids is 2. The van der Waals surface area contributed by atoms with Crippen molar-refractivity contribution >= 4 is 11.7 Å². The van der Waals surface area contributed by atoms with Gasteiger partial charge in [-0.15, -0.1) is 0 Å². The highest BCUT2D eigenvalue weighted by atomic mass is 19.4. The number of pyridine rings is 1. The summed E-state index contributed by atoms with van der Waals surface area (Å²) in [6.07, 6.45) is -3.74.